The number of aromatic nitrogens is 3. The molecule has 2 rings (SSSR count). The normalized spacial score (nSPS) is 12.6. The number of nitrogens with two attached hydrogens (primary N) is 1. The largest absolute Gasteiger partial charge is 0.412 e. The minimum atomic E-state index is -1.87. The molecule has 6 nitrogen and oxygen atoms in total. The molecular formula is C14H21N5OSi. The molecule has 7 heteroatoms. The second-order valence-corrected chi connectivity index (χ2v) is 11.4. The Bertz CT molecular complexity index is 708. The number of hydrogen-bond donors (Lipinski definition) is 1. The summed E-state index contributed by atoms with van der Waals surface area (Å²) in [7, 11) is -1.87. The van der Waals surface area contributed by atoms with Crippen LogP contribution in [0.4, 0.5) is 5.82 Å². The summed E-state index contributed by atoms with van der Waals surface area (Å²) >= 11 is 0. The maximum absolute atomic E-state index is 9.37. The molecule has 0 aliphatic heterocycles. The van der Waals surface area contributed by atoms with Crippen LogP contribution in [0.2, 0.25) is 18.1 Å². The summed E-state index contributed by atoms with van der Waals surface area (Å²) in [6.45, 7) is 11.3. The second-order valence-electron chi connectivity index (χ2n) is 6.62. The summed E-state index contributed by atoms with van der Waals surface area (Å²) in [5, 5.41) is 13.6. The summed E-state index contributed by atoms with van der Waals surface area (Å²) in [5.41, 5.74) is 7.73. The number of anilines is 1. The molecule has 0 saturated carbocycles. The summed E-state index contributed by atoms with van der Waals surface area (Å²) in [4.78, 5) is 3.95. The van der Waals surface area contributed by atoms with Gasteiger partial charge in [-0.05, 0) is 24.2 Å². The van der Waals surface area contributed by atoms with Gasteiger partial charge in [-0.3, -0.25) is 0 Å². The van der Waals surface area contributed by atoms with Gasteiger partial charge < -0.3 is 10.2 Å². The first-order valence-corrected chi connectivity index (χ1v) is 9.73. The minimum Gasteiger partial charge on any atom is -0.412 e. The van der Waals surface area contributed by atoms with Crippen molar-refractivity contribution >= 4 is 19.7 Å². The Hall–Kier alpha value is -1.91. The van der Waals surface area contributed by atoms with Crippen LogP contribution in [0.1, 0.15) is 32.0 Å². The highest BCUT2D eigenvalue weighted by atomic mass is 28.4. The van der Waals surface area contributed by atoms with Gasteiger partial charge in [-0.2, -0.15) is 10.4 Å². The van der Waals surface area contributed by atoms with Crippen LogP contribution in [0.25, 0.3) is 5.52 Å². The minimum absolute atomic E-state index is 0.123. The molecule has 0 bridgehead atoms. The van der Waals surface area contributed by atoms with Crippen LogP contribution < -0.4 is 5.73 Å². The van der Waals surface area contributed by atoms with Crippen LogP contribution in [0.15, 0.2) is 12.4 Å². The van der Waals surface area contributed by atoms with E-state index in [0.29, 0.717) is 23.6 Å². The molecule has 0 aliphatic rings. The molecule has 0 saturated heterocycles. The van der Waals surface area contributed by atoms with E-state index in [1.165, 1.54) is 10.8 Å². The quantitative estimate of drug-likeness (QED) is 0.881. The van der Waals surface area contributed by atoms with Gasteiger partial charge in [0, 0.05) is 5.56 Å². The van der Waals surface area contributed by atoms with Gasteiger partial charge in [0.25, 0.3) is 0 Å². The molecule has 2 aromatic rings. The fraction of sp³-hybridized carbons (Fsp3) is 0.500. The molecule has 0 fully saturated rings. The van der Waals surface area contributed by atoms with Crippen molar-refractivity contribution in [2.75, 3.05) is 5.73 Å². The molecule has 2 heterocycles. The van der Waals surface area contributed by atoms with Crippen molar-refractivity contribution in [2.45, 2.75) is 45.5 Å². The van der Waals surface area contributed by atoms with Gasteiger partial charge in [0.05, 0.1) is 6.61 Å². The molecule has 0 atom stereocenters. The zero-order chi connectivity index (χ0) is 15.8. The van der Waals surface area contributed by atoms with Gasteiger partial charge in [0.15, 0.2) is 14.1 Å². The first-order chi connectivity index (χ1) is 9.67. The van der Waals surface area contributed by atoms with E-state index in [0.717, 1.165) is 5.56 Å². The summed E-state index contributed by atoms with van der Waals surface area (Å²) in [6.07, 6.45) is 1.35. The standard InChI is InChI=1S/C14H21N5OSi/c1-14(2,3)21(4,5)20-8-10-6-11-13(16)17-9-18-19(11)12(10)7-15/h6,9H,8H2,1-5H3,(H2,16,17,18). The highest BCUT2D eigenvalue weighted by Gasteiger charge is 2.37. The average molecular weight is 303 g/mol. The van der Waals surface area contributed by atoms with Crippen molar-refractivity contribution in [1.82, 2.24) is 14.6 Å². The summed E-state index contributed by atoms with van der Waals surface area (Å²) < 4.78 is 7.70. The molecule has 0 aliphatic carbocycles. The fourth-order valence-corrected chi connectivity index (χ4v) is 2.71. The van der Waals surface area contributed by atoms with E-state index in [2.05, 4.69) is 50.0 Å². The molecule has 2 aromatic heterocycles. The lowest BCUT2D eigenvalue weighted by atomic mass is 10.2. The SMILES string of the molecule is CC(C)(C)[Si](C)(C)OCc1cc2c(N)ncnn2c1C#N. The van der Waals surface area contributed by atoms with E-state index in [1.807, 2.05) is 6.07 Å². The Balaban J connectivity index is 2.36. The molecule has 2 N–H and O–H groups in total. The topological polar surface area (TPSA) is 89.2 Å². The van der Waals surface area contributed by atoms with Crippen molar-refractivity contribution in [1.29, 1.82) is 5.26 Å². The lowest BCUT2D eigenvalue weighted by Gasteiger charge is -2.36. The van der Waals surface area contributed by atoms with E-state index in [9.17, 15) is 5.26 Å². The van der Waals surface area contributed by atoms with Crippen LogP contribution in [-0.4, -0.2) is 22.9 Å². The number of hydrogen-bond acceptors (Lipinski definition) is 5. The lowest BCUT2D eigenvalue weighted by Crippen LogP contribution is -2.40. The molecule has 21 heavy (non-hydrogen) atoms. The average Bonchev–Trinajstić information content (AvgIpc) is 2.74. The highest BCUT2D eigenvalue weighted by molar-refractivity contribution is 6.74. The lowest BCUT2D eigenvalue weighted by molar-refractivity contribution is 0.276. The van der Waals surface area contributed by atoms with E-state index in [-0.39, 0.29) is 5.04 Å². The zero-order valence-electron chi connectivity index (χ0n) is 13.1. The van der Waals surface area contributed by atoms with Crippen LogP contribution >= 0.6 is 0 Å². The number of rotatable bonds is 3. The Morgan fingerprint density at radius 2 is 2.10 bits per heavy atom. The molecule has 0 aromatic carbocycles. The number of nitriles is 1. The van der Waals surface area contributed by atoms with Crippen LogP contribution in [0.5, 0.6) is 0 Å². The number of nitrogen functional groups attached to an aromatic ring is 1. The van der Waals surface area contributed by atoms with Crippen molar-refractivity contribution in [3.63, 3.8) is 0 Å². The van der Waals surface area contributed by atoms with Crippen LogP contribution in [0, 0.1) is 11.3 Å². The zero-order valence-corrected chi connectivity index (χ0v) is 14.1. The Kier molecular flexibility index (Phi) is 3.78. The van der Waals surface area contributed by atoms with E-state index >= 15 is 0 Å². The van der Waals surface area contributed by atoms with Gasteiger partial charge in [-0.15, -0.1) is 0 Å². The predicted octanol–water partition coefficient (Wildman–Crippen LogP) is 2.70. The highest BCUT2D eigenvalue weighted by Crippen LogP contribution is 2.37. The van der Waals surface area contributed by atoms with Crippen LogP contribution in [-0.2, 0) is 11.0 Å². The Morgan fingerprint density at radius 1 is 1.43 bits per heavy atom. The third kappa shape index (κ3) is 2.77. The van der Waals surface area contributed by atoms with E-state index in [4.69, 9.17) is 10.2 Å². The number of fused-ring (bicyclic) bond motifs is 1. The van der Waals surface area contributed by atoms with Gasteiger partial charge in [-0.1, -0.05) is 20.8 Å². The van der Waals surface area contributed by atoms with Gasteiger partial charge in [0.1, 0.15) is 23.6 Å². The van der Waals surface area contributed by atoms with Crippen molar-refractivity contribution < 1.29 is 4.43 Å². The molecule has 0 amide bonds. The maximum Gasteiger partial charge on any atom is 0.192 e. The molecular weight excluding hydrogens is 282 g/mol. The smallest absolute Gasteiger partial charge is 0.192 e. The van der Waals surface area contributed by atoms with Crippen LogP contribution in [0.3, 0.4) is 0 Å². The van der Waals surface area contributed by atoms with Gasteiger partial charge >= 0.3 is 0 Å². The monoisotopic (exact) mass is 303 g/mol. The van der Waals surface area contributed by atoms with E-state index in [1.54, 1.807) is 0 Å². The van der Waals surface area contributed by atoms with Crippen molar-refractivity contribution in [2.24, 2.45) is 0 Å². The molecule has 0 spiro atoms. The van der Waals surface area contributed by atoms with Crippen molar-refractivity contribution in [3.8, 4) is 6.07 Å². The van der Waals surface area contributed by atoms with Gasteiger partial charge in [-0.25, -0.2) is 9.50 Å². The maximum atomic E-state index is 9.37. The third-order valence-electron chi connectivity index (χ3n) is 4.18. The first kappa shape index (κ1) is 15.5. The Morgan fingerprint density at radius 3 is 2.67 bits per heavy atom. The molecule has 0 unspecified atom stereocenters. The second kappa shape index (κ2) is 5.13. The Labute approximate surface area is 125 Å². The third-order valence-corrected chi connectivity index (χ3v) is 8.66. The predicted molar refractivity (Wildman–Crippen MR) is 84.1 cm³/mol. The fourth-order valence-electron chi connectivity index (χ4n) is 1.76. The van der Waals surface area contributed by atoms with E-state index < -0.39 is 8.32 Å². The molecule has 112 valence electrons. The first-order valence-electron chi connectivity index (χ1n) is 6.82. The molecule has 0 radical (unpaired) electrons. The van der Waals surface area contributed by atoms with Crippen molar-refractivity contribution in [3.05, 3.63) is 23.7 Å². The summed E-state index contributed by atoms with van der Waals surface area (Å²) in [6, 6.07) is 4.01. The summed E-state index contributed by atoms with van der Waals surface area (Å²) in [5.74, 6) is 0.361. The van der Waals surface area contributed by atoms with Gasteiger partial charge in [0.2, 0.25) is 0 Å². The number of nitrogens with zero attached hydrogens (tertiary/aromatic N) is 4.